The van der Waals surface area contributed by atoms with Crippen molar-refractivity contribution < 1.29 is 9.90 Å². The van der Waals surface area contributed by atoms with Crippen molar-refractivity contribution in [1.82, 2.24) is 9.97 Å². The average Bonchev–Trinajstić information content (AvgIpc) is 2.27. The smallest absolute Gasteiger partial charge is 0.338 e. The molecule has 2 aromatic rings. The number of aryl methyl sites for hydroxylation is 2. The molecule has 0 spiro atoms. The summed E-state index contributed by atoms with van der Waals surface area (Å²) >= 11 is 1.27. The van der Waals surface area contributed by atoms with Crippen LogP contribution < -0.4 is 0 Å². The Morgan fingerprint density at radius 2 is 2.11 bits per heavy atom. The van der Waals surface area contributed by atoms with Crippen LogP contribution in [0.5, 0.6) is 0 Å². The van der Waals surface area contributed by atoms with Crippen LogP contribution in [0.4, 0.5) is 0 Å². The Balaban J connectivity index is 2.37. The molecule has 0 atom stereocenters. The largest absolute Gasteiger partial charge is 0.478 e. The summed E-state index contributed by atoms with van der Waals surface area (Å²) in [6, 6.07) is 7.04. The van der Waals surface area contributed by atoms with Crippen LogP contribution in [0.1, 0.15) is 21.6 Å². The van der Waals surface area contributed by atoms with E-state index >= 15 is 0 Å². The third kappa shape index (κ3) is 2.87. The molecular formula is C13H12N2O2S. The fourth-order valence-corrected chi connectivity index (χ4v) is 2.60. The Bertz CT molecular complexity index is 579. The predicted molar refractivity (Wildman–Crippen MR) is 69.0 cm³/mol. The standard InChI is InChI=1S/C13H12N2O2S/c1-8-6-9(2)15-11(7-8)18-12-10(13(16)17)4-3-5-14-12/h3-7H,1-2H3,(H,16,17). The fourth-order valence-electron chi connectivity index (χ4n) is 1.59. The number of aromatic carboxylic acids is 1. The Labute approximate surface area is 109 Å². The second kappa shape index (κ2) is 5.18. The van der Waals surface area contributed by atoms with Crippen molar-refractivity contribution in [2.24, 2.45) is 0 Å². The normalized spacial score (nSPS) is 10.3. The summed E-state index contributed by atoms with van der Waals surface area (Å²) in [6.07, 6.45) is 1.58. The highest BCUT2D eigenvalue weighted by molar-refractivity contribution is 7.99. The number of hydrogen-bond acceptors (Lipinski definition) is 4. The topological polar surface area (TPSA) is 63.1 Å². The molecular weight excluding hydrogens is 248 g/mol. The van der Waals surface area contributed by atoms with Crippen molar-refractivity contribution >= 4 is 17.7 Å². The van der Waals surface area contributed by atoms with Gasteiger partial charge < -0.3 is 5.11 Å². The zero-order valence-electron chi connectivity index (χ0n) is 10.0. The average molecular weight is 260 g/mol. The molecule has 2 rings (SSSR count). The summed E-state index contributed by atoms with van der Waals surface area (Å²) < 4.78 is 0. The highest BCUT2D eigenvalue weighted by Crippen LogP contribution is 2.27. The maximum absolute atomic E-state index is 11.1. The lowest BCUT2D eigenvalue weighted by atomic mass is 10.3. The Kier molecular flexibility index (Phi) is 3.62. The summed E-state index contributed by atoms with van der Waals surface area (Å²) in [4.78, 5) is 19.5. The van der Waals surface area contributed by atoms with Gasteiger partial charge in [0.05, 0.1) is 5.56 Å². The van der Waals surface area contributed by atoms with Crippen LogP contribution in [0, 0.1) is 13.8 Å². The van der Waals surface area contributed by atoms with Gasteiger partial charge in [0.1, 0.15) is 10.1 Å². The van der Waals surface area contributed by atoms with Crippen LogP contribution in [0.2, 0.25) is 0 Å². The molecule has 0 aliphatic heterocycles. The molecule has 0 aromatic carbocycles. The molecule has 0 saturated carbocycles. The molecule has 2 aromatic heterocycles. The number of carboxylic acids is 1. The van der Waals surface area contributed by atoms with Crippen molar-refractivity contribution in [1.29, 1.82) is 0 Å². The van der Waals surface area contributed by atoms with E-state index in [1.807, 2.05) is 26.0 Å². The SMILES string of the molecule is Cc1cc(C)nc(Sc2ncccc2C(=O)O)c1. The van der Waals surface area contributed by atoms with Gasteiger partial charge in [-0.2, -0.15) is 0 Å². The van der Waals surface area contributed by atoms with E-state index in [1.165, 1.54) is 11.8 Å². The van der Waals surface area contributed by atoms with Gasteiger partial charge >= 0.3 is 5.97 Å². The first-order chi connectivity index (χ1) is 8.56. The third-order valence-electron chi connectivity index (χ3n) is 2.28. The minimum Gasteiger partial charge on any atom is -0.478 e. The summed E-state index contributed by atoms with van der Waals surface area (Å²) in [6.45, 7) is 3.89. The van der Waals surface area contributed by atoms with Crippen LogP contribution >= 0.6 is 11.8 Å². The Hall–Kier alpha value is -1.88. The van der Waals surface area contributed by atoms with Crippen LogP contribution in [-0.2, 0) is 0 Å². The van der Waals surface area contributed by atoms with E-state index in [9.17, 15) is 4.79 Å². The molecule has 0 aliphatic carbocycles. The number of nitrogens with zero attached hydrogens (tertiary/aromatic N) is 2. The number of carbonyl (C=O) groups is 1. The van der Waals surface area contributed by atoms with Gasteiger partial charge in [0.25, 0.3) is 0 Å². The molecule has 0 fully saturated rings. The van der Waals surface area contributed by atoms with Gasteiger partial charge in [-0.3, -0.25) is 0 Å². The van der Waals surface area contributed by atoms with Crippen LogP contribution in [-0.4, -0.2) is 21.0 Å². The highest BCUT2D eigenvalue weighted by Gasteiger charge is 2.12. The molecule has 2 heterocycles. The third-order valence-corrected chi connectivity index (χ3v) is 3.21. The maximum atomic E-state index is 11.1. The van der Waals surface area contributed by atoms with Gasteiger partial charge in [-0.1, -0.05) is 0 Å². The van der Waals surface area contributed by atoms with Crippen molar-refractivity contribution in [3.63, 3.8) is 0 Å². The van der Waals surface area contributed by atoms with E-state index in [1.54, 1.807) is 18.3 Å². The lowest BCUT2D eigenvalue weighted by Gasteiger charge is -2.05. The van der Waals surface area contributed by atoms with E-state index in [0.717, 1.165) is 16.3 Å². The highest BCUT2D eigenvalue weighted by atomic mass is 32.2. The van der Waals surface area contributed by atoms with Crippen molar-refractivity contribution in [2.75, 3.05) is 0 Å². The molecule has 4 nitrogen and oxygen atoms in total. The van der Waals surface area contributed by atoms with Gasteiger partial charge in [-0.05, 0) is 55.4 Å². The molecule has 0 bridgehead atoms. The number of aromatic nitrogens is 2. The lowest BCUT2D eigenvalue weighted by molar-refractivity contribution is 0.0692. The van der Waals surface area contributed by atoms with Gasteiger partial charge in [-0.25, -0.2) is 14.8 Å². The molecule has 0 unspecified atom stereocenters. The first kappa shape index (κ1) is 12.6. The monoisotopic (exact) mass is 260 g/mol. The molecule has 92 valence electrons. The zero-order chi connectivity index (χ0) is 13.1. The van der Waals surface area contributed by atoms with Gasteiger partial charge in [0, 0.05) is 11.9 Å². The Morgan fingerprint density at radius 3 is 2.78 bits per heavy atom. The van der Waals surface area contributed by atoms with Crippen molar-refractivity contribution in [3.8, 4) is 0 Å². The van der Waals surface area contributed by atoms with Gasteiger partial charge in [0.15, 0.2) is 0 Å². The van der Waals surface area contributed by atoms with Crippen molar-refractivity contribution in [2.45, 2.75) is 23.9 Å². The van der Waals surface area contributed by atoms with E-state index in [0.29, 0.717) is 5.03 Å². The number of rotatable bonds is 3. The first-order valence-electron chi connectivity index (χ1n) is 5.38. The summed E-state index contributed by atoms with van der Waals surface area (Å²) in [7, 11) is 0. The van der Waals surface area contributed by atoms with Crippen molar-refractivity contribution in [3.05, 3.63) is 47.3 Å². The van der Waals surface area contributed by atoms with E-state index in [2.05, 4.69) is 9.97 Å². The van der Waals surface area contributed by atoms with Crippen LogP contribution in [0.25, 0.3) is 0 Å². The van der Waals surface area contributed by atoms with E-state index in [4.69, 9.17) is 5.11 Å². The Morgan fingerprint density at radius 1 is 1.33 bits per heavy atom. The quantitative estimate of drug-likeness (QED) is 0.919. The molecule has 0 aliphatic rings. The molecule has 0 saturated heterocycles. The minimum absolute atomic E-state index is 0.198. The first-order valence-corrected chi connectivity index (χ1v) is 6.19. The molecule has 0 amide bonds. The molecule has 5 heteroatoms. The number of hydrogen-bond donors (Lipinski definition) is 1. The summed E-state index contributed by atoms with van der Waals surface area (Å²) in [5.74, 6) is -0.977. The van der Waals surface area contributed by atoms with Crippen LogP contribution in [0.3, 0.4) is 0 Å². The lowest BCUT2D eigenvalue weighted by Crippen LogP contribution is -2.00. The van der Waals surface area contributed by atoms with E-state index < -0.39 is 5.97 Å². The number of pyridine rings is 2. The maximum Gasteiger partial charge on any atom is 0.338 e. The molecule has 0 radical (unpaired) electrons. The summed E-state index contributed by atoms with van der Waals surface area (Å²) in [5, 5.41) is 10.3. The number of carboxylic acid groups (broad SMARTS) is 1. The second-order valence-electron chi connectivity index (χ2n) is 3.89. The fraction of sp³-hybridized carbons (Fsp3) is 0.154. The molecule has 18 heavy (non-hydrogen) atoms. The predicted octanol–water partition coefficient (Wildman–Crippen LogP) is 2.94. The van der Waals surface area contributed by atoms with Gasteiger partial charge in [-0.15, -0.1) is 0 Å². The second-order valence-corrected chi connectivity index (χ2v) is 4.90. The summed E-state index contributed by atoms with van der Waals surface area (Å²) in [5.41, 5.74) is 2.20. The van der Waals surface area contributed by atoms with Crippen LogP contribution in [0.15, 0.2) is 40.5 Å². The van der Waals surface area contributed by atoms with E-state index in [-0.39, 0.29) is 5.56 Å². The van der Waals surface area contributed by atoms with Gasteiger partial charge in [0.2, 0.25) is 0 Å². The molecule has 1 N–H and O–H groups in total. The minimum atomic E-state index is -0.977. The zero-order valence-corrected chi connectivity index (χ0v) is 10.9.